The van der Waals surface area contributed by atoms with E-state index in [1.54, 1.807) is 6.07 Å². The van der Waals surface area contributed by atoms with Gasteiger partial charge in [0, 0.05) is 12.1 Å². The molecule has 3 amide bonds. The normalized spacial score (nSPS) is 20.1. The maximum Gasteiger partial charge on any atom is 0.330 e. The maximum absolute atomic E-state index is 13.1. The maximum atomic E-state index is 13.1. The van der Waals surface area contributed by atoms with Crippen molar-refractivity contribution in [3.63, 3.8) is 0 Å². The molecule has 176 valence electrons. The van der Waals surface area contributed by atoms with E-state index in [0.717, 1.165) is 21.6 Å². The summed E-state index contributed by atoms with van der Waals surface area (Å²) in [5.74, 6) is -2.86. The van der Waals surface area contributed by atoms with Crippen LogP contribution in [0, 0.1) is 25.7 Å². The van der Waals surface area contributed by atoms with Gasteiger partial charge in [0.2, 0.25) is 11.8 Å². The van der Waals surface area contributed by atoms with Crippen LogP contribution in [0.1, 0.15) is 29.5 Å². The number of nitrogens with zero attached hydrogens (tertiary/aromatic N) is 1. The highest BCUT2D eigenvalue weighted by atomic mass is 16.5. The molecule has 0 saturated carbocycles. The van der Waals surface area contributed by atoms with Crippen molar-refractivity contribution in [2.45, 2.75) is 39.2 Å². The smallest absolute Gasteiger partial charge is 0.330 e. The van der Waals surface area contributed by atoms with Crippen molar-refractivity contribution >= 4 is 29.4 Å². The minimum atomic E-state index is -1.12. The number of esters is 1. The minimum Gasteiger partial charge on any atom is -0.454 e. The van der Waals surface area contributed by atoms with Crippen LogP contribution in [0.3, 0.4) is 0 Å². The number of anilines is 1. The summed E-state index contributed by atoms with van der Waals surface area (Å²) in [6, 6.07) is 13.6. The van der Waals surface area contributed by atoms with Gasteiger partial charge in [-0.1, -0.05) is 60.2 Å². The molecule has 0 radical (unpaired) electrons. The Kier molecular flexibility index (Phi) is 6.91. The van der Waals surface area contributed by atoms with Crippen molar-refractivity contribution in [1.29, 1.82) is 0 Å². The first-order valence-corrected chi connectivity index (χ1v) is 11.4. The van der Waals surface area contributed by atoms with E-state index in [1.807, 2.05) is 68.5 Å². The van der Waals surface area contributed by atoms with Gasteiger partial charge in [0.1, 0.15) is 6.04 Å². The second-order valence-corrected chi connectivity index (χ2v) is 8.88. The first-order chi connectivity index (χ1) is 16.3. The highest BCUT2D eigenvalue weighted by molar-refractivity contribution is 6.08. The predicted octanol–water partition coefficient (Wildman–Crippen LogP) is 3.35. The average Bonchev–Trinajstić information content (AvgIpc) is 3.08. The Hall–Kier alpha value is -3.74. The molecule has 7 heteroatoms. The quantitative estimate of drug-likeness (QED) is 0.389. The van der Waals surface area contributed by atoms with E-state index in [-0.39, 0.29) is 18.2 Å². The fourth-order valence-electron chi connectivity index (χ4n) is 4.62. The third-order valence-corrected chi connectivity index (χ3v) is 6.40. The molecule has 2 aliphatic rings. The van der Waals surface area contributed by atoms with Crippen LogP contribution in [0.4, 0.5) is 5.69 Å². The zero-order valence-corrected chi connectivity index (χ0v) is 19.3. The number of nitrogens with one attached hydrogen (secondary N) is 1. The van der Waals surface area contributed by atoms with E-state index >= 15 is 0 Å². The number of benzene rings is 2. The minimum absolute atomic E-state index is 0.128. The van der Waals surface area contributed by atoms with E-state index in [4.69, 9.17) is 4.74 Å². The Balaban J connectivity index is 1.48. The molecule has 0 bridgehead atoms. The van der Waals surface area contributed by atoms with Crippen LogP contribution in [-0.4, -0.2) is 41.2 Å². The fourth-order valence-corrected chi connectivity index (χ4v) is 4.62. The van der Waals surface area contributed by atoms with Crippen LogP contribution in [-0.2, 0) is 30.3 Å². The third kappa shape index (κ3) is 4.93. The highest BCUT2D eigenvalue weighted by Gasteiger charge is 2.51. The summed E-state index contributed by atoms with van der Waals surface area (Å²) in [6.45, 7) is 3.33. The molecule has 4 rings (SSSR count). The number of imide groups is 1. The van der Waals surface area contributed by atoms with Gasteiger partial charge in [0.25, 0.3) is 5.91 Å². The monoisotopic (exact) mass is 460 g/mol. The molecule has 34 heavy (non-hydrogen) atoms. The molecule has 1 saturated heterocycles. The largest absolute Gasteiger partial charge is 0.454 e. The SMILES string of the molecule is Cc1ccc(NC(=O)COC(=O)[C@@H](Cc2ccccc2)N2C(=O)[C@H]3CC=CC[C@H]3C2=O)c(C)c1. The molecule has 1 aliphatic heterocycles. The number of likely N-dealkylation sites (tertiary alicyclic amines) is 1. The Morgan fingerprint density at radius 1 is 1.00 bits per heavy atom. The number of rotatable bonds is 7. The molecule has 3 atom stereocenters. The average molecular weight is 461 g/mol. The Bertz CT molecular complexity index is 1110. The second-order valence-electron chi connectivity index (χ2n) is 8.88. The van der Waals surface area contributed by atoms with E-state index in [9.17, 15) is 19.2 Å². The van der Waals surface area contributed by atoms with Crippen LogP contribution < -0.4 is 5.32 Å². The van der Waals surface area contributed by atoms with E-state index in [0.29, 0.717) is 18.5 Å². The lowest BCUT2D eigenvalue weighted by molar-refractivity contribution is -0.159. The number of aryl methyl sites for hydroxylation is 2. The van der Waals surface area contributed by atoms with E-state index in [1.165, 1.54) is 0 Å². The number of allylic oxidation sites excluding steroid dienone is 2. The zero-order valence-electron chi connectivity index (χ0n) is 19.3. The predicted molar refractivity (Wildman–Crippen MR) is 127 cm³/mol. The summed E-state index contributed by atoms with van der Waals surface area (Å²) in [5, 5.41) is 2.74. The van der Waals surface area contributed by atoms with Gasteiger partial charge in [0.05, 0.1) is 11.8 Å². The molecule has 0 unspecified atom stereocenters. The van der Waals surface area contributed by atoms with Gasteiger partial charge in [-0.15, -0.1) is 0 Å². The number of carbonyl (C=O) groups excluding carboxylic acids is 4. The molecule has 1 N–H and O–H groups in total. The summed E-state index contributed by atoms with van der Waals surface area (Å²) >= 11 is 0. The van der Waals surface area contributed by atoms with Crippen molar-refractivity contribution in [3.8, 4) is 0 Å². The first-order valence-electron chi connectivity index (χ1n) is 11.4. The summed E-state index contributed by atoms with van der Waals surface area (Å²) in [6.07, 6.45) is 4.90. The molecule has 0 spiro atoms. The molecule has 0 aromatic heterocycles. The van der Waals surface area contributed by atoms with Crippen molar-refractivity contribution < 1.29 is 23.9 Å². The van der Waals surface area contributed by atoms with Crippen LogP contribution in [0.5, 0.6) is 0 Å². The van der Waals surface area contributed by atoms with Crippen molar-refractivity contribution in [1.82, 2.24) is 4.90 Å². The topological polar surface area (TPSA) is 92.8 Å². The fraction of sp³-hybridized carbons (Fsp3) is 0.333. The van der Waals surface area contributed by atoms with Crippen molar-refractivity contribution in [2.24, 2.45) is 11.8 Å². The molecule has 1 aliphatic carbocycles. The molecule has 7 nitrogen and oxygen atoms in total. The lowest BCUT2D eigenvalue weighted by Crippen LogP contribution is -2.48. The summed E-state index contributed by atoms with van der Waals surface area (Å²) in [7, 11) is 0. The number of hydrogen-bond donors (Lipinski definition) is 1. The zero-order chi connectivity index (χ0) is 24.2. The van der Waals surface area contributed by atoms with Gasteiger partial charge in [-0.2, -0.15) is 0 Å². The van der Waals surface area contributed by atoms with Crippen LogP contribution >= 0.6 is 0 Å². The van der Waals surface area contributed by atoms with Gasteiger partial charge in [-0.3, -0.25) is 19.3 Å². The van der Waals surface area contributed by atoms with E-state index in [2.05, 4.69) is 5.32 Å². The molecule has 1 fully saturated rings. The standard InChI is InChI=1S/C27H28N2O5/c1-17-12-13-22(18(2)14-17)28-24(30)16-34-27(33)23(15-19-8-4-3-5-9-19)29-25(31)20-10-6-7-11-21(20)26(29)32/h3-9,12-14,20-21,23H,10-11,15-16H2,1-2H3,(H,28,30)/t20-,21+,23-/m1/s1. The van der Waals surface area contributed by atoms with Crippen LogP contribution in [0.15, 0.2) is 60.7 Å². The van der Waals surface area contributed by atoms with Gasteiger partial charge < -0.3 is 10.1 Å². The van der Waals surface area contributed by atoms with Gasteiger partial charge in [-0.05, 0) is 43.9 Å². The molecular weight excluding hydrogens is 432 g/mol. The molecular formula is C27H28N2O5. The van der Waals surface area contributed by atoms with Gasteiger partial charge in [-0.25, -0.2) is 4.79 Å². The van der Waals surface area contributed by atoms with Gasteiger partial charge >= 0.3 is 5.97 Å². The van der Waals surface area contributed by atoms with E-state index < -0.39 is 36.4 Å². The Labute approximate surface area is 198 Å². The number of ether oxygens (including phenoxy) is 1. The number of carbonyl (C=O) groups is 4. The summed E-state index contributed by atoms with van der Waals surface area (Å²) in [4.78, 5) is 52.9. The second kappa shape index (κ2) is 10.0. The highest BCUT2D eigenvalue weighted by Crippen LogP contribution is 2.36. The first kappa shape index (κ1) is 23.4. The molecule has 2 aromatic carbocycles. The summed E-state index contributed by atoms with van der Waals surface area (Å²) < 4.78 is 5.32. The van der Waals surface area contributed by atoms with Crippen LogP contribution in [0.25, 0.3) is 0 Å². The lowest BCUT2D eigenvalue weighted by atomic mass is 9.85. The van der Waals surface area contributed by atoms with Crippen LogP contribution in [0.2, 0.25) is 0 Å². The number of hydrogen-bond acceptors (Lipinski definition) is 5. The van der Waals surface area contributed by atoms with Crippen molar-refractivity contribution in [3.05, 3.63) is 77.4 Å². The van der Waals surface area contributed by atoms with Crippen molar-refractivity contribution in [2.75, 3.05) is 11.9 Å². The number of amides is 3. The third-order valence-electron chi connectivity index (χ3n) is 6.40. The molecule has 2 aromatic rings. The molecule has 1 heterocycles. The Morgan fingerprint density at radius 2 is 1.65 bits per heavy atom. The summed E-state index contributed by atoms with van der Waals surface area (Å²) in [5.41, 5.74) is 3.39. The van der Waals surface area contributed by atoms with Gasteiger partial charge in [0.15, 0.2) is 6.61 Å². The number of fused-ring (bicyclic) bond motifs is 1. The lowest BCUT2D eigenvalue weighted by Gasteiger charge is -2.25. The Morgan fingerprint density at radius 3 is 2.26 bits per heavy atom.